The predicted molar refractivity (Wildman–Crippen MR) is 81.5 cm³/mol. The first-order valence-corrected chi connectivity index (χ1v) is 6.34. The van der Waals surface area contributed by atoms with Crippen molar-refractivity contribution in [2.75, 3.05) is 18.1 Å². The molecule has 0 amide bonds. The zero-order chi connectivity index (χ0) is 14.1. The molecule has 0 bridgehead atoms. The number of fused-ring (bicyclic) bond motifs is 1. The standard InChI is InChI=1S/C15H15N5/c1-9-12(5-11(16)8-18-9)13-4-3-10-7-19-15(17-2)6-14(10)20-13/h3-8H,16H2,1-2H3,(H,17,19). The Kier molecular flexibility index (Phi) is 2.95. The van der Waals surface area contributed by atoms with E-state index in [0.29, 0.717) is 5.69 Å². The Morgan fingerprint density at radius 3 is 2.75 bits per heavy atom. The molecule has 3 aromatic rings. The number of nitrogens with two attached hydrogens (primary N) is 1. The van der Waals surface area contributed by atoms with Crippen LogP contribution in [0, 0.1) is 6.92 Å². The van der Waals surface area contributed by atoms with Gasteiger partial charge in [-0.25, -0.2) is 9.97 Å². The maximum atomic E-state index is 5.81. The Morgan fingerprint density at radius 1 is 1.10 bits per heavy atom. The summed E-state index contributed by atoms with van der Waals surface area (Å²) >= 11 is 0. The van der Waals surface area contributed by atoms with E-state index in [1.807, 2.05) is 44.4 Å². The summed E-state index contributed by atoms with van der Waals surface area (Å²) in [7, 11) is 1.84. The van der Waals surface area contributed by atoms with Crippen molar-refractivity contribution in [3.05, 3.63) is 42.4 Å². The average molecular weight is 265 g/mol. The van der Waals surface area contributed by atoms with Crippen LogP contribution < -0.4 is 11.1 Å². The molecule has 0 aromatic carbocycles. The lowest BCUT2D eigenvalue weighted by atomic mass is 10.1. The number of hydrogen-bond acceptors (Lipinski definition) is 5. The Labute approximate surface area is 116 Å². The molecule has 0 unspecified atom stereocenters. The summed E-state index contributed by atoms with van der Waals surface area (Å²) in [5, 5.41) is 4.02. The van der Waals surface area contributed by atoms with Crippen molar-refractivity contribution in [3.63, 3.8) is 0 Å². The predicted octanol–water partition coefficient (Wildman–Crippen LogP) is 2.62. The molecular formula is C15H15N5. The molecule has 3 aromatic heterocycles. The summed E-state index contributed by atoms with van der Waals surface area (Å²) in [4.78, 5) is 13.2. The van der Waals surface area contributed by atoms with Crippen LogP contribution in [-0.4, -0.2) is 22.0 Å². The normalized spacial score (nSPS) is 10.7. The van der Waals surface area contributed by atoms with Crippen LogP contribution in [0.3, 0.4) is 0 Å². The van der Waals surface area contributed by atoms with Crippen molar-refractivity contribution in [2.24, 2.45) is 0 Å². The number of nitrogens with one attached hydrogen (secondary N) is 1. The van der Waals surface area contributed by atoms with Crippen LogP contribution in [0.4, 0.5) is 11.5 Å². The van der Waals surface area contributed by atoms with E-state index < -0.39 is 0 Å². The minimum atomic E-state index is 0.637. The average Bonchev–Trinajstić information content (AvgIpc) is 2.48. The number of nitrogens with zero attached hydrogens (tertiary/aromatic N) is 3. The molecule has 5 nitrogen and oxygen atoms in total. The van der Waals surface area contributed by atoms with E-state index in [4.69, 9.17) is 5.73 Å². The number of pyridine rings is 3. The minimum absolute atomic E-state index is 0.637. The van der Waals surface area contributed by atoms with Gasteiger partial charge in [0.2, 0.25) is 0 Å². The molecular weight excluding hydrogens is 250 g/mol. The third-order valence-electron chi connectivity index (χ3n) is 3.21. The zero-order valence-corrected chi connectivity index (χ0v) is 11.4. The van der Waals surface area contributed by atoms with Crippen LogP contribution in [0.5, 0.6) is 0 Å². The first-order valence-electron chi connectivity index (χ1n) is 6.34. The second-order valence-corrected chi connectivity index (χ2v) is 4.61. The highest BCUT2D eigenvalue weighted by Gasteiger charge is 2.07. The second kappa shape index (κ2) is 4.77. The maximum Gasteiger partial charge on any atom is 0.127 e. The molecule has 0 aliphatic heterocycles. The summed E-state index contributed by atoms with van der Waals surface area (Å²) in [6.45, 7) is 1.95. The van der Waals surface area contributed by atoms with Crippen LogP contribution in [0.25, 0.3) is 22.2 Å². The molecule has 100 valence electrons. The van der Waals surface area contributed by atoms with Crippen LogP contribution in [0.15, 0.2) is 36.7 Å². The van der Waals surface area contributed by atoms with Gasteiger partial charge in [-0.1, -0.05) is 0 Å². The van der Waals surface area contributed by atoms with Crippen molar-refractivity contribution in [1.29, 1.82) is 0 Å². The molecule has 0 aliphatic carbocycles. The van der Waals surface area contributed by atoms with Crippen LogP contribution >= 0.6 is 0 Å². The highest BCUT2D eigenvalue weighted by molar-refractivity contribution is 5.83. The van der Waals surface area contributed by atoms with Crippen molar-refractivity contribution in [1.82, 2.24) is 15.0 Å². The van der Waals surface area contributed by atoms with Crippen molar-refractivity contribution in [3.8, 4) is 11.3 Å². The number of nitrogen functional groups attached to an aromatic ring is 1. The molecule has 20 heavy (non-hydrogen) atoms. The van der Waals surface area contributed by atoms with Gasteiger partial charge in [0, 0.05) is 36.0 Å². The van der Waals surface area contributed by atoms with Gasteiger partial charge in [0.25, 0.3) is 0 Å². The fraction of sp³-hybridized carbons (Fsp3) is 0.133. The van der Waals surface area contributed by atoms with Gasteiger partial charge in [-0.2, -0.15) is 0 Å². The fourth-order valence-electron chi connectivity index (χ4n) is 2.11. The molecule has 3 N–H and O–H groups in total. The topological polar surface area (TPSA) is 76.7 Å². The lowest BCUT2D eigenvalue weighted by molar-refractivity contribution is 1.19. The first-order chi connectivity index (χ1) is 9.67. The van der Waals surface area contributed by atoms with Gasteiger partial charge in [-0.3, -0.25) is 4.98 Å². The molecule has 0 saturated heterocycles. The van der Waals surface area contributed by atoms with Crippen LogP contribution in [0.2, 0.25) is 0 Å². The van der Waals surface area contributed by atoms with Crippen molar-refractivity contribution >= 4 is 22.4 Å². The van der Waals surface area contributed by atoms with E-state index in [2.05, 4.69) is 20.3 Å². The van der Waals surface area contributed by atoms with Gasteiger partial charge in [0.05, 0.1) is 23.1 Å². The molecule has 0 radical (unpaired) electrons. The maximum absolute atomic E-state index is 5.81. The van der Waals surface area contributed by atoms with Gasteiger partial charge >= 0.3 is 0 Å². The van der Waals surface area contributed by atoms with Gasteiger partial charge in [0.1, 0.15) is 5.82 Å². The monoisotopic (exact) mass is 265 g/mol. The number of hydrogen-bond donors (Lipinski definition) is 2. The van der Waals surface area contributed by atoms with Gasteiger partial charge in [-0.15, -0.1) is 0 Å². The third-order valence-corrected chi connectivity index (χ3v) is 3.21. The van der Waals surface area contributed by atoms with Crippen LogP contribution in [0.1, 0.15) is 5.69 Å². The van der Waals surface area contributed by atoms with E-state index in [-0.39, 0.29) is 0 Å². The Morgan fingerprint density at radius 2 is 1.95 bits per heavy atom. The Balaban J connectivity index is 2.19. The van der Waals surface area contributed by atoms with Crippen LogP contribution in [-0.2, 0) is 0 Å². The SMILES string of the molecule is CNc1cc2nc(-c3cc(N)cnc3C)ccc2cn1. The van der Waals surface area contributed by atoms with Gasteiger partial charge in [-0.05, 0) is 25.1 Å². The molecule has 5 heteroatoms. The highest BCUT2D eigenvalue weighted by Crippen LogP contribution is 2.25. The number of aromatic nitrogens is 3. The minimum Gasteiger partial charge on any atom is -0.397 e. The molecule has 0 fully saturated rings. The fourth-order valence-corrected chi connectivity index (χ4v) is 2.11. The summed E-state index contributed by atoms with van der Waals surface area (Å²) in [5.74, 6) is 0.796. The molecule has 3 heterocycles. The number of anilines is 2. The van der Waals surface area contributed by atoms with E-state index >= 15 is 0 Å². The van der Waals surface area contributed by atoms with E-state index in [1.54, 1.807) is 6.20 Å². The highest BCUT2D eigenvalue weighted by atomic mass is 15.0. The summed E-state index contributed by atoms with van der Waals surface area (Å²) < 4.78 is 0. The number of rotatable bonds is 2. The smallest absolute Gasteiger partial charge is 0.127 e. The van der Waals surface area contributed by atoms with Crippen molar-refractivity contribution < 1.29 is 0 Å². The quantitative estimate of drug-likeness (QED) is 0.744. The molecule has 0 spiro atoms. The largest absolute Gasteiger partial charge is 0.397 e. The second-order valence-electron chi connectivity index (χ2n) is 4.61. The summed E-state index contributed by atoms with van der Waals surface area (Å²) in [6.07, 6.45) is 3.46. The molecule has 0 atom stereocenters. The van der Waals surface area contributed by atoms with Gasteiger partial charge in [0.15, 0.2) is 0 Å². The lowest BCUT2D eigenvalue weighted by Crippen LogP contribution is -1.96. The molecule has 3 rings (SSSR count). The summed E-state index contributed by atoms with van der Waals surface area (Å²) in [5.41, 5.74) is 10.1. The zero-order valence-electron chi connectivity index (χ0n) is 11.4. The third kappa shape index (κ3) is 2.14. The first kappa shape index (κ1) is 12.3. The van der Waals surface area contributed by atoms with E-state index in [0.717, 1.165) is 33.7 Å². The van der Waals surface area contributed by atoms with E-state index in [9.17, 15) is 0 Å². The van der Waals surface area contributed by atoms with Crippen molar-refractivity contribution in [2.45, 2.75) is 6.92 Å². The molecule has 0 aliphatic rings. The number of aryl methyl sites for hydroxylation is 1. The lowest BCUT2D eigenvalue weighted by Gasteiger charge is -2.07. The molecule has 0 saturated carbocycles. The summed E-state index contributed by atoms with van der Waals surface area (Å²) in [6, 6.07) is 7.80. The van der Waals surface area contributed by atoms with Gasteiger partial charge < -0.3 is 11.1 Å². The van der Waals surface area contributed by atoms with E-state index in [1.165, 1.54) is 0 Å². The Hall–Kier alpha value is -2.69. The Bertz CT molecular complexity index is 782.